The number of hydroxylamine groups is 2. The first-order chi connectivity index (χ1) is 18.2. The van der Waals surface area contributed by atoms with Crippen LogP contribution in [0.1, 0.15) is 26.3 Å². The Balaban J connectivity index is 1.88. The molecule has 2 aromatic rings. The lowest BCUT2D eigenvalue weighted by atomic mass is 10.0. The molecule has 1 aliphatic rings. The summed E-state index contributed by atoms with van der Waals surface area (Å²) >= 11 is 1.51. The molecule has 11 nitrogen and oxygen atoms in total. The molecular formula is C26H37N5O6S2. The largest absolute Gasteiger partial charge is 0.444 e. The van der Waals surface area contributed by atoms with E-state index in [-0.39, 0.29) is 23.3 Å². The standard InChI is InChI=1S/C26H37N5O6S2/c1-26(2,3)37-25(33)31-14-12-30(13-15-31)24-21(16-23(32)29(6)36-7)22(17-38-24)19-8-10-20(11-9-19)39(34,35)27-18-28(4)5/h8-11,17-18H,12-16H2,1-7H3. The monoisotopic (exact) mass is 579 g/mol. The molecule has 0 unspecified atom stereocenters. The Labute approximate surface area is 234 Å². The van der Waals surface area contributed by atoms with E-state index in [1.54, 1.807) is 43.1 Å². The first kappa shape index (κ1) is 30.4. The highest BCUT2D eigenvalue weighted by molar-refractivity contribution is 7.90. The number of likely N-dealkylation sites (N-methyl/N-ethyl adjacent to an activating group) is 1. The van der Waals surface area contributed by atoms with Crippen molar-refractivity contribution in [3.8, 4) is 11.1 Å². The number of hydrogen-bond donors (Lipinski definition) is 0. The molecule has 0 aliphatic carbocycles. The number of nitrogens with zero attached hydrogens (tertiary/aromatic N) is 5. The van der Waals surface area contributed by atoms with Gasteiger partial charge >= 0.3 is 6.09 Å². The molecule has 0 spiro atoms. The highest BCUT2D eigenvalue weighted by Gasteiger charge is 2.29. The molecule has 0 radical (unpaired) electrons. The average Bonchev–Trinajstić information content (AvgIpc) is 3.29. The molecule has 3 rings (SSSR count). The van der Waals surface area contributed by atoms with Gasteiger partial charge in [-0.05, 0) is 44.0 Å². The molecule has 0 bridgehead atoms. The molecule has 0 N–H and O–H groups in total. The van der Waals surface area contributed by atoms with E-state index < -0.39 is 15.6 Å². The van der Waals surface area contributed by atoms with E-state index in [1.807, 2.05) is 26.2 Å². The number of thiophene rings is 1. The smallest absolute Gasteiger partial charge is 0.410 e. The summed E-state index contributed by atoms with van der Waals surface area (Å²) < 4.78 is 34.3. The maximum Gasteiger partial charge on any atom is 0.410 e. The van der Waals surface area contributed by atoms with Crippen molar-refractivity contribution in [1.82, 2.24) is 14.9 Å². The fourth-order valence-electron chi connectivity index (χ4n) is 3.86. The molecule has 2 amide bonds. The third kappa shape index (κ3) is 7.93. The van der Waals surface area contributed by atoms with Crippen LogP contribution in [0.3, 0.4) is 0 Å². The van der Waals surface area contributed by atoms with Crippen LogP contribution in [-0.4, -0.2) is 102 Å². The van der Waals surface area contributed by atoms with Gasteiger partial charge in [0.25, 0.3) is 10.0 Å². The van der Waals surface area contributed by atoms with Crippen LogP contribution < -0.4 is 4.90 Å². The molecule has 2 heterocycles. The van der Waals surface area contributed by atoms with Gasteiger partial charge < -0.3 is 19.4 Å². The number of sulfonamides is 1. The Morgan fingerprint density at radius 1 is 1.08 bits per heavy atom. The normalized spacial score (nSPS) is 14.5. The van der Waals surface area contributed by atoms with Crippen molar-refractivity contribution < 1.29 is 27.6 Å². The SMILES string of the molecule is CON(C)C(=O)Cc1c(-c2ccc(S(=O)(=O)N=CN(C)C)cc2)csc1N1CCN(C(=O)OC(C)(C)C)CC1. The van der Waals surface area contributed by atoms with Gasteiger partial charge in [0.2, 0.25) is 5.91 Å². The van der Waals surface area contributed by atoms with Crippen LogP contribution in [-0.2, 0) is 30.8 Å². The second-order valence-corrected chi connectivity index (χ2v) is 12.8. The number of piperazine rings is 1. The van der Waals surface area contributed by atoms with E-state index in [1.165, 1.54) is 42.0 Å². The van der Waals surface area contributed by atoms with E-state index in [0.717, 1.165) is 21.7 Å². The number of anilines is 1. The zero-order chi connectivity index (χ0) is 29.0. The fourth-order valence-corrected chi connectivity index (χ4v) is 5.94. The van der Waals surface area contributed by atoms with Crippen LogP contribution in [0.15, 0.2) is 38.9 Å². The van der Waals surface area contributed by atoms with Crippen molar-refractivity contribution >= 4 is 44.7 Å². The topological polar surface area (TPSA) is 112 Å². The third-order valence-electron chi connectivity index (χ3n) is 5.92. The van der Waals surface area contributed by atoms with Crippen molar-refractivity contribution in [3.63, 3.8) is 0 Å². The lowest BCUT2D eigenvalue weighted by Gasteiger charge is -2.36. The number of carbonyl (C=O) groups is 2. The summed E-state index contributed by atoms with van der Waals surface area (Å²) in [6.45, 7) is 7.68. The number of amides is 2. The second kappa shape index (κ2) is 12.3. The van der Waals surface area contributed by atoms with Gasteiger partial charge in [0.15, 0.2) is 0 Å². The highest BCUT2D eigenvalue weighted by atomic mass is 32.2. The Morgan fingerprint density at radius 3 is 2.23 bits per heavy atom. The van der Waals surface area contributed by atoms with Gasteiger partial charge in [-0.15, -0.1) is 15.7 Å². The van der Waals surface area contributed by atoms with Crippen molar-refractivity contribution in [2.24, 2.45) is 4.40 Å². The van der Waals surface area contributed by atoms with Gasteiger partial charge in [-0.2, -0.15) is 8.42 Å². The van der Waals surface area contributed by atoms with E-state index in [2.05, 4.69) is 9.30 Å². The van der Waals surface area contributed by atoms with E-state index in [9.17, 15) is 18.0 Å². The van der Waals surface area contributed by atoms with Crippen molar-refractivity contribution in [2.45, 2.75) is 37.7 Å². The lowest BCUT2D eigenvalue weighted by Crippen LogP contribution is -2.50. The minimum absolute atomic E-state index is 0.0785. The molecule has 1 aromatic heterocycles. The van der Waals surface area contributed by atoms with Crippen LogP contribution in [0, 0.1) is 0 Å². The number of ether oxygens (including phenoxy) is 1. The zero-order valence-electron chi connectivity index (χ0n) is 23.5. The Kier molecular flexibility index (Phi) is 9.62. The third-order valence-corrected chi connectivity index (χ3v) is 8.24. The summed E-state index contributed by atoms with van der Waals surface area (Å²) in [5.41, 5.74) is 1.87. The summed E-state index contributed by atoms with van der Waals surface area (Å²) in [7, 11) is 2.54. The van der Waals surface area contributed by atoms with E-state index in [4.69, 9.17) is 9.57 Å². The first-order valence-electron chi connectivity index (χ1n) is 12.4. The first-order valence-corrected chi connectivity index (χ1v) is 14.7. The summed E-state index contributed by atoms with van der Waals surface area (Å²) in [5, 5.41) is 4.09. The molecule has 1 fully saturated rings. The maximum absolute atomic E-state index is 12.9. The second-order valence-electron chi connectivity index (χ2n) is 10.3. The summed E-state index contributed by atoms with van der Waals surface area (Å²) in [6.07, 6.45) is 1.00. The Hall–Kier alpha value is -3.16. The molecule has 13 heteroatoms. The van der Waals surface area contributed by atoms with E-state index >= 15 is 0 Å². The van der Waals surface area contributed by atoms with Gasteiger partial charge in [0, 0.05) is 58.3 Å². The van der Waals surface area contributed by atoms with Gasteiger partial charge in [-0.1, -0.05) is 12.1 Å². The number of carbonyl (C=O) groups excluding carboxylic acids is 2. The van der Waals surface area contributed by atoms with Gasteiger partial charge in [0.1, 0.15) is 11.9 Å². The molecular weight excluding hydrogens is 542 g/mol. The molecule has 1 aromatic carbocycles. The summed E-state index contributed by atoms with van der Waals surface area (Å²) in [6, 6.07) is 6.47. The van der Waals surface area contributed by atoms with Crippen molar-refractivity contribution in [2.75, 3.05) is 59.3 Å². The van der Waals surface area contributed by atoms with Gasteiger partial charge in [0.05, 0.1) is 23.4 Å². The molecule has 1 aliphatic heterocycles. The lowest BCUT2D eigenvalue weighted by molar-refractivity contribution is -0.167. The average molecular weight is 580 g/mol. The number of rotatable bonds is 8. The number of benzene rings is 1. The summed E-state index contributed by atoms with van der Waals surface area (Å²) in [5.74, 6) is -0.219. The van der Waals surface area contributed by atoms with Gasteiger partial charge in [-0.25, -0.2) is 9.86 Å². The van der Waals surface area contributed by atoms with E-state index in [0.29, 0.717) is 26.2 Å². The molecule has 214 valence electrons. The van der Waals surface area contributed by atoms with Crippen LogP contribution in [0.25, 0.3) is 11.1 Å². The molecule has 1 saturated heterocycles. The van der Waals surface area contributed by atoms with Crippen LogP contribution in [0.5, 0.6) is 0 Å². The predicted molar refractivity (Wildman–Crippen MR) is 153 cm³/mol. The Bertz CT molecular complexity index is 1290. The molecule has 39 heavy (non-hydrogen) atoms. The highest BCUT2D eigenvalue weighted by Crippen LogP contribution is 2.39. The van der Waals surface area contributed by atoms with Crippen LogP contribution in [0.4, 0.5) is 9.80 Å². The molecule has 0 saturated carbocycles. The zero-order valence-corrected chi connectivity index (χ0v) is 25.1. The van der Waals surface area contributed by atoms with Gasteiger partial charge in [-0.3, -0.25) is 9.63 Å². The minimum Gasteiger partial charge on any atom is -0.444 e. The quantitative estimate of drug-likeness (QED) is 0.266. The molecule has 0 atom stereocenters. The Morgan fingerprint density at radius 2 is 1.69 bits per heavy atom. The van der Waals surface area contributed by atoms with Crippen molar-refractivity contribution in [3.05, 3.63) is 35.2 Å². The van der Waals surface area contributed by atoms with Crippen LogP contribution in [0.2, 0.25) is 0 Å². The minimum atomic E-state index is -3.83. The fraction of sp³-hybridized carbons (Fsp3) is 0.500. The predicted octanol–water partition coefficient (Wildman–Crippen LogP) is 3.31. The van der Waals surface area contributed by atoms with Crippen molar-refractivity contribution in [1.29, 1.82) is 0 Å². The maximum atomic E-state index is 12.9. The van der Waals surface area contributed by atoms with Crippen LogP contribution >= 0.6 is 11.3 Å². The summed E-state index contributed by atoms with van der Waals surface area (Å²) in [4.78, 5) is 36.0. The number of hydrogen-bond acceptors (Lipinski definition) is 8.